The first-order chi connectivity index (χ1) is 9.52. The summed E-state index contributed by atoms with van der Waals surface area (Å²) in [6, 6.07) is 9.16. The minimum atomic E-state index is -0.570. The third-order valence-corrected chi connectivity index (χ3v) is 2.81. The van der Waals surface area contributed by atoms with Crippen molar-refractivity contribution in [3.63, 3.8) is 0 Å². The predicted molar refractivity (Wildman–Crippen MR) is 73.4 cm³/mol. The fourth-order valence-electron chi connectivity index (χ4n) is 1.69. The van der Waals surface area contributed by atoms with Crippen molar-refractivity contribution in [2.24, 2.45) is 0 Å². The molecule has 0 heterocycles. The molecule has 2 N–H and O–H groups in total. The molecule has 0 spiro atoms. The van der Waals surface area contributed by atoms with Crippen molar-refractivity contribution in [1.29, 1.82) is 0 Å². The number of nitrogen functional groups attached to an aromatic ring is 1. The third-order valence-electron chi connectivity index (χ3n) is 2.81. The minimum Gasteiger partial charge on any atom is -0.465 e. The molecule has 0 radical (unpaired) electrons. The largest absolute Gasteiger partial charge is 0.465 e. The van der Waals surface area contributed by atoms with Crippen molar-refractivity contribution >= 4 is 11.7 Å². The molecule has 0 fully saturated rings. The molecule has 0 amide bonds. The average molecular weight is 275 g/mol. The molecule has 0 saturated carbocycles. The Morgan fingerprint density at radius 1 is 1.25 bits per heavy atom. The van der Waals surface area contributed by atoms with Crippen LogP contribution in [0.4, 0.5) is 10.1 Å². The maximum atomic E-state index is 13.5. The van der Waals surface area contributed by atoms with Gasteiger partial charge in [0.05, 0.1) is 12.8 Å². The molecule has 104 valence electrons. The number of carbonyl (C=O) groups excluding carboxylic acids is 1. The van der Waals surface area contributed by atoms with Crippen LogP contribution in [0.1, 0.15) is 15.9 Å². The van der Waals surface area contributed by atoms with Gasteiger partial charge in [0.2, 0.25) is 0 Å². The number of benzene rings is 2. The second-order valence-corrected chi connectivity index (χ2v) is 4.23. The topological polar surface area (TPSA) is 61.5 Å². The summed E-state index contributed by atoms with van der Waals surface area (Å²) in [4.78, 5) is 11.7. The molecule has 0 atom stereocenters. The Hall–Kier alpha value is -2.56. The minimum absolute atomic E-state index is 0.155. The highest BCUT2D eigenvalue weighted by Gasteiger charge is 2.16. The highest BCUT2D eigenvalue weighted by molar-refractivity contribution is 5.94. The third kappa shape index (κ3) is 2.71. The van der Waals surface area contributed by atoms with Gasteiger partial charge in [0, 0.05) is 6.07 Å². The van der Waals surface area contributed by atoms with Crippen molar-refractivity contribution < 1.29 is 18.7 Å². The number of hydrogen-bond donors (Lipinski definition) is 1. The SMILES string of the molecule is COC(=O)c1cccc(N)c1Oc1ccc(C)c(F)c1. The highest BCUT2D eigenvalue weighted by atomic mass is 19.1. The number of carbonyl (C=O) groups is 1. The molecule has 5 heteroatoms. The Kier molecular flexibility index (Phi) is 3.89. The second kappa shape index (κ2) is 5.61. The zero-order valence-electron chi connectivity index (χ0n) is 11.1. The van der Waals surface area contributed by atoms with Gasteiger partial charge in [-0.1, -0.05) is 12.1 Å². The maximum Gasteiger partial charge on any atom is 0.341 e. The van der Waals surface area contributed by atoms with Gasteiger partial charge in [-0.3, -0.25) is 0 Å². The van der Waals surface area contributed by atoms with Gasteiger partial charge in [-0.15, -0.1) is 0 Å². The molecule has 0 unspecified atom stereocenters. The molecular formula is C15H14FNO3. The number of ether oxygens (including phenoxy) is 2. The van der Waals surface area contributed by atoms with E-state index in [1.807, 2.05) is 0 Å². The van der Waals surface area contributed by atoms with E-state index in [0.29, 0.717) is 5.56 Å². The predicted octanol–water partition coefficient (Wildman–Crippen LogP) is 3.30. The summed E-state index contributed by atoms with van der Waals surface area (Å²) in [5.74, 6) is -0.546. The van der Waals surface area contributed by atoms with Gasteiger partial charge in [0.25, 0.3) is 0 Å². The molecule has 2 rings (SSSR count). The quantitative estimate of drug-likeness (QED) is 0.689. The monoisotopic (exact) mass is 275 g/mol. The van der Waals surface area contributed by atoms with Gasteiger partial charge in [0.1, 0.15) is 17.1 Å². The summed E-state index contributed by atoms with van der Waals surface area (Å²) in [7, 11) is 1.26. The standard InChI is InChI=1S/C15H14FNO3/c1-9-6-7-10(8-12(9)16)20-14-11(15(18)19-2)4-3-5-13(14)17/h3-8H,17H2,1-2H3. The van der Waals surface area contributed by atoms with Gasteiger partial charge >= 0.3 is 5.97 Å². The number of methoxy groups -OCH3 is 1. The number of halogens is 1. The van der Waals surface area contributed by atoms with Gasteiger partial charge in [0.15, 0.2) is 5.75 Å². The summed E-state index contributed by atoms with van der Waals surface area (Å²) in [5, 5.41) is 0. The maximum absolute atomic E-state index is 13.5. The summed E-state index contributed by atoms with van der Waals surface area (Å²) < 4.78 is 23.7. The lowest BCUT2D eigenvalue weighted by Gasteiger charge is -2.12. The highest BCUT2D eigenvalue weighted by Crippen LogP contribution is 2.32. The molecule has 0 aliphatic carbocycles. The molecule has 0 saturated heterocycles. The number of rotatable bonds is 3. The first-order valence-corrected chi connectivity index (χ1v) is 5.93. The number of aryl methyl sites for hydroxylation is 1. The van der Waals surface area contributed by atoms with E-state index in [0.717, 1.165) is 0 Å². The number of nitrogens with two attached hydrogens (primary N) is 1. The first-order valence-electron chi connectivity index (χ1n) is 5.93. The Morgan fingerprint density at radius 3 is 2.65 bits per heavy atom. The number of hydrogen-bond acceptors (Lipinski definition) is 4. The smallest absolute Gasteiger partial charge is 0.341 e. The number of para-hydroxylation sites is 1. The summed E-state index contributed by atoms with van der Waals surface area (Å²) in [5.41, 5.74) is 6.77. The van der Waals surface area contributed by atoms with Crippen LogP contribution in [-0.2, 0) is 4.74 Å². The van der Waals surface area contributed by atoms with Crippen LogP contribution in [0.3, 0.4) is 0 Å². The summed E-state index contributed by atoms with van der Waals surface area (Å²) >= 11 is 0. The van der Waals surface area contributed by atoms with E-state index in [-0.39, 0.29) is 22.7 Å². The fraction of sp³-hybridized carbons (Fsp3) is 0.133. The molecule has 0 aliphatic heterocycles. The van der Waals surface area contributed by atoms with E-state index in [1.54, 1.807) is 31.2 Å². The lowest BCUT2D eigenvalue weighted by atomic mass is 10.1. The molecular weight excluding hydrogens is 261 g/mol. The van der Waals surface area contributed by atoms with Crippen LogP contribution in [0.5, 0.6) is 11.5 Å². The fourth-order valence-corrected chi connectivity index (χ4v) is 1.69. The Bertz CT molecular complexity index is 656. The summed E-state index contributed by atoms with van der Waals surface area (Å²) in [6.45, 7) is 1.65. The molecule has 2 aromatic carbocycles. The van der Waals surface area contributed by atoms with E-state index in [4.69, 9.17) is 10.5 Å². The van der Waals surface area contributed by atoms with Crippen molar-refractivity contribution in [3.8, 4) is 11.5 Å². The van der Waals surface area contributed by atoms with Crippen LogP contribution in [0.15, 0.2) is 36.4 Å². The molecule has 0 aliphatic rings. The molecule has 4 nitrogen and oxygen atoms in total. The van der Waals surface area contributed by atoms with E-state index in [1.165, 1.54) is 19.2 Å². The van der Waals surface area contributed by atoms with E-state index >= 15 is 0 Å². The van der Waals surface area contributed by atoms with Gasteiger partial charge < -0.3 is 15.2 Å². The lowest BCUT2D eigenvalue weighted by Crippen LogP contribution is -2.05. The van der Waals surface area contributed by atoms with Crippen molar-refractivity contribution in [2.75, 3.05) is 12.8 Å². The zero-order valence-corrected chi connectivity index (χ0v) is 11.1. The van der Waals surface area contributed by atoms with Crippen LogP contribution in [0.2, 0.25) is 0 Å². The van der Waals surface area contributed by atoms with Crippen molar-refractivity contribution in [2.45, 2.75) is 6.92 Å². The normalized spacial score (nSPS) is 10.2. The van der Waals surface area contributed by atoms with Crippen LogP contribution in [0, 0.1) is 12.7 Å². The van der Waals surface area contributed by atoms with E-state index in [9.17, 15) is 9.18 Å². The van der Waals surface area contributed by atoms with E-state index in [2.05, 4.69) is 4.74 Å². The van der Waals surface area contributed by atoms with Crippen molar-refractivity contribution in [1.82, 2.24) is 0 Å². The Balaban J connectivity index is 2.42. The van der Waals surface area contributed by atoms with Gasteiger partial charge in [-0.25, -0.2) is 9.18 Å². The van der Waals surface area contributed by atoms with Gasteiger partial charge in [-0.05, 0) is 30.7 Å². The molecule has 20 heavy (non-hydrogen) atoms. The van der Waals surface area contributed by atoms with Crippen LogP contribution in [-0.4, -0.2) is 13.1 Å². The van der Waals surface area contributed by atoms with E-state index < -0.39 is 11.8 Å². The molecule has 0 bridgehead atoms. The second-order valence-electron chi connectivity index (χ2n) is 4.23. The molecule has 2 aromatic rings. The lowest BCUT2D eigenvalue weighted by molar-refractivity contribution is 0.0598. The first kappa shape index (κ1) is 13.9. The average Bonchev–Trinajstić information content (AvgIpc) is 2.44. The Labute approximate surface area is 115 Å². The van der Waals surface area contributed by atoms with Crippen LogP contribution >= 0.6 is 0 Å². The van der Waals surface area contributed by atoms with Crippen LogP contribution < -0.4 is 10.5 Å². The van der Waals surface area contributed by atoms with Crippen molar-refractivity contribution in [3.05, 3.63) is 53.3 Å². The summed E-state index contributed by atoms with van der Waals surface area (Å²) in [6.07, 6.45) is 0. The Morgan fingerprint density at radius 2 is 2.00 bits per heavy atom. The number of esters is 1. The van der Waals surface area contributed by atoms with Gasteiger partial charge in [-0.2, -0.15) is 0 Å². The zero-order chi connectivity index (χ0) is 14.7. The van der Waals surface area contributed by atoms with Crippen LogP contribution in [0.25, 0.3) is 0 Å². The molecule has 0 aromatic heterocycles. The number of anilines is 1.